The van der Waals surface area contributed by atoms with E-state index >= 15 is 0 Å². The van der Waals surface area contributed by atoms with Gasteiger partial charge in [-0.1, -0.05) is 54.1 Å². The zero-order valence-corrected chi connectivity index (χ0v) is 18.7. The van der Waals surface area contributed by atoms with E-state index in [2.05, 4.69) is 10.5 Å². The van der Waals surface area contributed by atoms with Crippen LogP contribution in [0, 0.1) is 13.8 Å². The molecule has 31 heavy (non-hydrogen) atoms. The van der Waals surface area contributed by atoms with Gasteiger partial charge in [0.25, 0.3) is 15.9 Å². The third kappa shape index (κ3) is 5.51. The van der Waals surface area contributed by atoms with Gasteiger partial charge in [-0.25, -0.2) is 13.8 Å². The summed E-state index contributed by atoms with van der Waals surface area (Å²) in [7, 11) is -3.96. The molecule has 160 valence electrons. The normalized spacial score (nSPS) is 11.5. The van der Waals surface area contributed by atoms with Crippen LogP contribution in [0.25, 0.3) is 0 Å². The predicted molar refractivity (Wildman–Crippen MR) is 124 cm³/mol. The number of hydrogen-bond acceptors (Lipinski definition) is 4. The van der Waals surface area contributed by atoms with Crippen LogP contribution in [0.15, 0.2) is 82.8 Å². The summed E-state index contributed by atoms with van der Waals surface area (Å²) in [5.74, 6) is -0.564. The number of nitrogens with zero attached hydrogens (tertiary/aromatic N) is 2. The Morgan fingerprint density at radius 2 is 1.68 bits per heavy atom. The quantitative estimate of drug-likeness (QED) is 0.426. The Balaban J connectivity index is 1.87. The topological polar surface area (TPSA) is 78.8 Å². The van der Waals surface area contributed by atoms with Gasteiger partial charge in [0, 0.05) is 5.02 Å². The molecule has 1 N–H and O–H groups in total. The second kappa shape index (κ2) is 9.76. The van der Waals surface area contributed by atoms with Crippen molar-refractivity contribution in [2.45, 2.75) is 18.7 Å². The van der Waals surface area contributed by atoms with Gasteiger partial charge < -0.3 is 0 Å². The van der Waals surface area contributed by atoms with Gasteiger partial charge in [0.2, 0.25) is 0 Å². The van der Waals surface area contributed by atoms with Crippen molar-refractivity contribution >= 4 is 39.4 Å². The van der Waals surface area contributed by atoms with Crippen LogP contribution in [0.1, 0.15) is 16.7 Å². The van der Waals surface area contributed by atoms with Crippen molar-refractivity contribution in [3.8, 4) is 0 Å². The number of carbonyl (C=O) groups excluding carboxylic acids is 1. The lowest BCUT2D eigenvalue weighted by Gasteiger charge is -2.26. The lowest BCUT2D eigenvalue weighted by Crippen LogP contribution is -2.40. The second-order valence-electron chi connectivity index (χ2n) is 6.89. The molecule has 0 fully saturated rings. The zero-order valence-electron chi connectivity index (χ0n) is 17.1. The average Bonchev–Trinajstić information content (AvgIpc) is 2.76. The van der Waals surface area contributed by atoms with Gasteiger partial charge in [-0.3, -0.25) is 9.10 Å². The summed E-state index contributed by atoms with van der Waals surface area (Å²) in [6, 6.07) is 20.3. The first-order valence-corrected chi connectivity index (χ1v) is 11.3. The monoisotopic (exact) mass is 455 g/mol. The Morgan fingerprint density at radius 1 is 1.00 bits per heavy atom. The van der Waals surface area contributed by atoms with Gasteiger partial charge in [-0.15, -0.1) is 0 Å². The fourth-order valence-electron chi connectivity index (χ4n) is 2.92. The number of sulfonamides is 1. The minimum atomic E-state index is -3.96. The van der Waals surface area contributed by atoms with Gasteiger partial charge >= 0.3 is 0 Å². The summed E-state index contributed by atoms with van der Waals surface area (Å²) in [5.41, 5.74) is 5.28. The number of amides is 1. The molecule has 0 heterocycles. The molecule has 0 aliphatic rings. The highest BCUT2D eigenvalue weighted by molar-refractivity contribution is 7.92. The molecule has 0 saturated heterocycles. The van der Waals surface area contributed by atoms with Crippen LogP contribution in [0.4, 0.5) is 5.69 Å². The molecule has 0 aliphatic carbocycles. The summed E-state index contributed by atoms with van der Waals surface area (Å²) in [4.78, 5) is 12.7. The third-order valence-electron chi connectivity index (χ3n) is 4.74. The molecule has 3 rings (SSSR count). The number of benzene rings is 3. The Bertz CT molecular complexity index is 1190. The van der Waals surface area contributed by atoms with Crippen molar-refractivity contribution < 1.29 is 13.2 Å². The van der Waals surface area contributed by atoms with Crippen molar-refractivity contribution in [1.29, 1.82) is 0 Å². The second-order valence-corrected chi connectivity index (χ2v) is 9.19. The van der Waals surface area contributed by atoms with E-state index < -0.39 is 22.5 Å². The number of nitrogens with one attached hydrogen (secondary N) is 1. The Kier molecular flexibility index (Phi) is 7.09. The van der Waals surface area contributed by atoms with Crippen LogP contribution in [-0.4, -0.2) is 27.1 Å². The van der Waals surface area contributed by atoms with Gasteiger partial charge in [0.15, 0.2) is 0 Å². The molecule has 8 heteroatoms. The lowest BCUT2D eigenvalue weighted by atomic mass is 10.1. The minimum Gasteiger partial charge on any atom is -0.271 e. The van der Waals surface area contributed by atoms with E-state index in [1.54, 1.807) is 54.6 Å². The van der Waals surface area contributed by atoms with E-state index in [0.717, 1.165) is 21.0 Å². The van der Waals surface area contributed by atoms with Crippen LogP contribution < -0.4 is 9.73 Å². The van der Waals surface area contributed by atoms with Gasteiger partial charge in [-0.2, -0.15) is 5.10 Å². The molecule has 0 unspecified atom stereocenters. The van der Waals surface area contributed by atoms with Crippen molar-refractivity contribution in [2.24, 2.45) is 5.10 Å². The number of carbonyl (C=O) groups is 1. The largest absolute Gasteiger partial charge is 0.271 e. The Hall–Kier alpha value is -3.16. The first kappa shape index (κ1) is 22.5. The van der Waals surface area contributed by atoms with Crippen molar-refractivity contribution in [2.75, 3.05) is 10.8 Å². The zero-order chi connectivity index (χ0) is 22.4. The maximum atomic E-state index is 13.4. The molecule has 3 aromatic carbocycles. The smallest absolute Gasteiger partial charge is 0.264 e. The van der Waals surface area contributed by atoms with Crippen LogP contribution >= 0.6 is 11.6 Å². The summed E-state index contributed by atoms with van der Waals surface area (Å²) in [6.45, 7) is 3.30. The van der Waals surface area contributed by atoms with Crippen molar-refractivity contribution in [3.63, 3.8) is 0 Å². The van der Waals surface area contributed by atoms with E-state index in [4.69, 9.17) is 11.6 Å². The first-order valence-electron chi connectivity index (χ1n) is 9.50. The Labute approximate surface area is 187 Å². The number of halogens is 1. The summed E-state index contributed by atoms with van der Waals surface area (Å²) in [6.07, 6.45) is 1.46. The molecular formula is C23H22ClN3O3S. The lowest BCUT2D eigenvalue weighted by molar-refractivity contribution is -0.119. The third-order valence-corrected chi connectivity index (χ3v) is 6.76. The molecule has 0 saturated carbocycles. The highest BCUT2D eigenvalue weighted by Crippen LogP contribution is 2.28. The number of rotatable bonds is 7. The standard InChI is InChI=1S/C23H22ClN3O3S/c1-17-7-6-10-22(18(17)2)27(31(29,30)21-8-4-3-5-9-21)16-23(28)26-25-15-19-11-13-20(24)14-12-19/h3-15H,16H2,1-2H3,(H,26,28)/b25-15-. The summed E-state index contributed by atoms with van der Waals surface area (Å²) >= 11 is 5.85. The van der Waals surface area contributed by atoms with E-state index in [0.29, 0.717) is 10.7 Å². The molecule has 1 amide bonds. The van der Waals surface area contributed by atoms with Crippen LogP contribution in [0.5, 0.6) is 0 Å². The highest BCUT2D eigenvalue weighted by atomic mass is 35.5. The maximum Gasteiger partial charge on any atom is 0.264 e. The van der Waals surface area contributed by atoms with Gasteiger partial charge in [-0.05, 0) is 60.9 Å². The van der Waals surface area contributed by atoms with E-state index in [-0.39, 0.29) is 4.90 Å². The molecular weight excluding hydrogens is 434 g/mol. The molecule has 0 radical (unpaired) electrons. The van der Waals surface area contributed by atoms with E-state index in [1.165, 1.54) is 18.3 Å². The summed E-state index contributed by atoms with van der Waals surface area (Å²) in [5, 5.41) is 4.52. The molecule has 3 aromatic rings. The van der Waals surface area contributed by atoms with Crippen LogP contribution in [0.2, 0.25) is 5.02 Å². The predicted octanol–water partition coefficient (Wildman–Crippen LogP) is 4.30. The van der Waals surface area contributed by atoms with Crippen molar-refractivity contribution in [1.82, 2.24) is 5.43 Å². The first-order chi connectivity index (χ1) is 14.8. The maximum absolute atomic E-state index is 13.4. The van der Waals surface area contributed by atoms with Gasteiger partial charge in [0.1, 0.15) is 6.54 Å². The summed E-state index contributed by atoms with van der Waals surface area (Å²) < 4.78 is 27.8. The Morgan fingerprint density at radius 3 is 2.35 bits per heavy atom. The highest BCUT2D eigenvalue weighted by Gasteiger charge is 2.28. The van der Waals surface area contributed by atoms with E-state index in [9.17, 15) is 13.2 Å². The SMILES string of the molecule is Cc1cccc(N(CC(=O)N/N=C\c2ccc(Cl)cc2)S(=O)(=O)c2ccccc2)c1C. The van der Waals surface area contributed by atoms with Crippen LogP contribution in [-0.2, 0) is 14.8 Å². The molecule has 6 nitrogen and oxygen atoms in total. The number of aryl methyl sites for hydroxylation is 1. The van der Waals surface area contributed by atoms with Gasteiger partial charge in [0.05, 0.1) is 16.8 Å². The molecule has 0 spiro atoms. The minimum absolute atomic E-state index is 0.105. The fourth-order valence-corrected chi connectivity index (χ4v) is 4.54. The molecule has 0 aliphatic heterocycles. The number of hydrazone groups is 1. The van der Waals surface area contributed by atoms with Crippen molar-refractivity contribution in [3.05, 3.63) is 94.5 Å². The molecule has 0 aromatic heterocycles. The molecule has 0 bridgehead atoms. The van der Waals surface area contributed by atoms with E-state index in [1.807, 2.05) is 19.9 Å². The fraction of sp³-hybridized carbons (Fsp3) is 0.130. The molecule has 0 atom stereocenters. The number of hydrogen-bond donors (Lipinski definition) is 1. The average molecular weight is 456 g/mol. The number of anilines is 1. The van der Waals surface area contributed by atoms with Crippen LogP contribution in [0.3, 0.4) is 0 Å².